The van der Waals surface area contributed by atoms with E-state index in [0.29, 0.717) is 6.61 Å². The van der Waals surface area contributed by atoms with Gasteiger partial charge in [0.05, 0.1) is 11.6 Å². The molecule has 0 radical (unpaired) electrons. The summed E-state index contributed by atoms with van der Waals surface area (Å²) in [6, 6.07) is 5.94. The fraction of sp³-hybridized carbons (Fsp3) is 0.444. The van der Waals surface area contributed by atoms with Gasteiger partial charge in [0, 0.05) is 32.1 Å². The Morgan fingerprint density at radius 2 is 2.12 bits per heavy atom. The van der Waals surface area contributed by atoms with Crippen LogP contribution in [-0.2, 0) is 11.2 Å². The second kappa shape index (κ2) is 6.28. The molecular weight excluding hydrogens is 306 g/mol. The van der Waals surface area contributed by atoms with Crippen molar-refractivity contribution in [1.82, 2.24) is 14.4 Å². The van der Waals surface area contributed by atoms with Gasteiger partial charge in [0.2, 0.25) is 5.91 Å². The number of amides is 1. The Morgan fingerprint density at radius 3 is 2.71 bits per heavy atom. The van der Waals surface area contributed by atoms with Crippen molar-refractivity contribution in [2.24, 2.45) is 0 Å². The van der Waals surface area contributed by atoms with Crippen LogP contribution in [0.25, 0.3) is 10.9 Å². The van der Waals surface area contributed by atoms with E-state index in [1.54, 1.807) is 23.4 Å². The van der Waals surface area contributed by atoms with Crippen molar-refractivity contribution in [2.45, 2.75) is 19.4 Å². The van der Waals surface area contributed by atoms with Crippen molar-refractivity contribution in [3.63, 3.8) is 0 Å². The summed E-state index contributed by atoms with van der Waals surface area (Å²) in [6.45, 7) is 2.84. The predicted molar refractivity (Wildman–Crippen MR) is 92.3 cm³/mol. The minimum Gasteiger partial charge on any atom is -0.447 e. The molecule has 1 amide bonds. The van der Waals surface area contributed by atoms with Crippen LogP contribution >= 0.6 is 0 Å². The molecule has 6 nitrogen and oxygen atoms in total. The van der Waals surface area contributed by atoms with Crippen LogP contribution in [-0.4, -0.2) is 60.7 Å². The van der Waals surface area contributed by atoms with Crippen molar-refractivity contribution in [1.29, 1.82) is 0 Å². The van der Waals surface area contributed by atoms with Gasteiger partial charge < -0.3 is 14.5 Å². The summed E-state index contributed by atoms with van der Waals surface area (Å²) in [7, 11) is 5.82. The van der Waals surface area contributed by atoms with Crippen molar-refractivity contribution >= 4 is 22.9 Å². The normalized spacial score (nSPS) is 17.8. The summed E-state index contributed by atoms with van der Waals surface area (Å²) >= 11 is 0. The van der Waals surface area contributed by atoms with Gasteiger partial charge in [0.15, 0.2) is 0 Å². The van der Waals surface area contributed by atoms with Gasteiger partial charge in [0.25, 0.3) is 0 Å². The lowest BCUT2D eigenvalue weighted by molar-refractivity contribution is 0.0941. The average molecular weight is 329 g/mol. The molecule has 24 heavy (non-hydrogen) atoms. The summed E-state index contributed by atoms with van der Waals surface area (Å²) < 4.78 is 6.82. The third kappa shape index (κ3) is 2.89. The van der Waals surface area contributed by atoms with E-state index < -0.39 is 0 Å². The number of aromatic nitrogens is 1. The molecule has 0 aliphatic carbocycles. The highest BCUT2D eigenvalue weighted by atomic mass is 16.6. The lowest BCUT2D eigenvalue weighted by Gasteiger charge is -2.16. The number of likely N-dealkylation sites (N-methyl/N-ethyl adjacent to an activating group) is 2. The molecule has 1 fully saturated rings. The number of carbonyl (C=O) groups excluding carboxylic acids is 2. The second-order valence-electron chi connectivity index (χ2n) is 6.58. The zero-order chi connectivity index (χ0) is 17.4. The number of cyclic esters (lactones) is 1. The molecule has 0 saturated carbocycles. The van der Waals surface area contributed by atoms with E-state index in [4.69, 9.17) is 4.74 Å². The Balaban J connectivity index is 2.04. The Bertz CT molecular complexity index is 794. The van der Waals surface area contributed by atoms with Gasteiger partial charge in [-0.3, -0.25) is 9.36 Å². The van der Waals surface area contributed by atoms with Gasteiger partial charge in [-0.05, 0) is 43.8 Å². The molecule has 2 heterocycles. The maximum atomic E-state index is 11.9. The van der Waals surface area contributed by atoms with E-state index in [2.05, 4.69) is 11.0 Å². The fourth-order valence-corrected chi connectivity index (χ4v) is 3.14. The molecule has 1 saturated heterocycles. The zero-order valence-electron chi connectivity index (χ0n) is 14.6. The summed E-state index contributed by atoms with van der Waals surface area (Å²) in [5.41, 5.74) is 3.08. The molecule has 128 valence electrons. The van der Waals surface area contributed by atoms with E-state index in [1.807, 2.05) is 32.4 Å². The first kappa shape index (κ1) is 16.5. The molecule has 0 spiro atoms. The van der Waals surface area contributed by atoms with E-state index >= 15 is 0 Å². The molecule has 1 aliphatic rings. The molecular formula is C18H23N3O3. The first-order valence-electron chi connectivity index (χ1n) is 8.07. The van der Waals surface area contributed by atoms with E-state index in [1.165, 1.54) is 0 Å². The van der Waals surface area contributed by atoms with Crippen LogP contribution in [0, 0.1) is 0 Å². The maximum Gasteiger partial charge on any atom is 0.410 e. The number of carbonyl (C=O) groups is 2. The Kier molecular flexibility index (Phi) is 4.32. The van der Waals surface area contributed by atoms with Crippen molar-refractivity contribution in [2.75, 3.05) is 34.3 Å². The van der Waals surface area contributed by atoms with Crippen LogP contribution in [0.2, 0.25) is 0 Å². The van der Waals surface area contributed by atoms with Gasteiger partial charge in [-0.2, -0.15) is 0 Å². The zero-order valence-corrected chi connectivity index (χ0v) is 14.6. The van der Waals surface area contributed by atoms with Gasteiger partial charge in [-0.25, -0.2) is 4.79 Å². The van der Waals surface area contributed by atoms with E-state index in [-0.39, 0.29) is 18.0 Å². The molecule has 1 unspecified atom stereocenters. The Hall–Kier alpha value is -2.34. The molecule has 1 aromatic carbocycles. The first-order valence-corrected chi connectivity index (χ1v) is 8.07. The minimum absolute atomic E-state index is 0.000323. The number of hydrogen-bond donors (Lipinski definition) is 0. The molecule has 1 aromatic heterocycles. The van der Waals surface area contributed by atoms with Crippen LogP contribution in [0.5, 0.6) is 0 Å². The average Bonchev–Trinajstić information content (AvgIpc) is 3.06. The SMILES string of the molecule is CC(=O)n1cc(CCN(C)C)c2cc(C3COC(=O)N3C)ccc21. The first-order chi connectivity index (χ1) is 11.4. The Morgan fingerprint density at radius 1 is 1.38 bits per heavy atom. The Labute approximate surface area is 141 Å². The standard InChI is InChI=1S/C18H23N3O3/c1-12(22)21-10-14(7-8-19(2)3)15-9-13(5-6-16(15)21)17-11-24-18(23)20(17)4/h5-6,9-10,17H,7-8,11H2,1-4H3. The minimum atomic E-state index is -0.297. The number of fused-ring (bicyclic) bond motifs is 1. The topological polar surface area (TPSA) is 54.8 Å². The summed E-state index contributed by atoms with van der Waals surface area (Å²) in [4.78, 5) is 27.3. The molecule has 1 atom stereocenters. The number of rotatable bonds is 4. The summed E-state index contributed by atoms with van der Waals surface area (Å²) in [6.07, 6.45) is 2.50. The fourth-order valence-electron chi connectivity index (χ4n) is 3.14. The summed E-state index contributed by atoms with van der Waals surface area (Å²) in [5, 5.41) is 1.07. The highest BCUT2D eigenvalue weighted by Gasteiger charge is 2.31. The van der Waals surface area contributed by atoms with E-state index in [0.717, 1.165) is 35.0 Å². The molecule has 2 aromatic rings. The third-order valence-electron chi connectivity index (χ3n) is 4.58. The van der Waals surface area contributed by atoms with Crippen LogP contribution in [0.3, 0.4) is 0 Å². The quantitative estimate of drug-likeness (QED) is 0.865. The number of nitrogens with zero attached hydrogens (tertiary/aromatic N) is 3. The monoisotopic (exact) mass is 329 g/mol. The van der Waals surface area contributed by atoms with Gasteiger partial charge in [-0.15, -0.1) is 0 Å². The van der Waals surface area contributed by atoms with Crippen LogP contribution < -0.4 is 0 Å². The van der Waals surface area contributed by atoms with Gasteiger partial charge in [0.1, 0.15) is 6.61 Å². The van der Waals surface area contributed by atoms with Crippen molar-refractivity contribution in [3.8, 4) is 0 Å². The lowest BCUT2D eigenvalue weighted by atomic mass is 10.0. The third-order valence-corrected chi connectivity index (χ3v) is 4.58. The number of benzene rings is 1. The predicted octanol–water partition coefficient (Wildman–Crippen LogP) is 2.53. The van der Waals surface area contributed by atoms with Crippen LogP contribution in [0.15, 0.2) is 24.4 Å². The highest BCUT2D eigenvalue weighted by molar-refractivity contribution is 5.94. The maximum absolute atomic E-state index is 11.9. The molecule has 0 N–H and O–H groups in total. The summed E-state index contributed by atoms with van der Waals surface area (Å²) in [5.74, 6) is 0.000323. The lowest BCUT2D eigenvalue weighted by Crippen LogP contribution is -2.22. The number of hydrogen-bond acceptors (Lipinski definition) is 4. The molecule has 0 bridgehead atoms. The number of ether oxygens (including phenoxy) is 1. The van der Waals surface area contributed by atoms with Crippen LogP contribution in [0.4, 0.5) is 4.79 Å². The molecule has 3 rings (SSSR count). The van der Waals surface area contributed by atoms with Gasteiger partial charge >= 0.3 is 6.09 Å². The second-order valence-corrected chi connectivity index (χ2v) is 6.58. The largest absolute Gasteiger partial charge is 0.447 e. The van der Waals surface area contributed by atoms with Crippen LogP contribution in [0.1, 0.15) is 28.9 Å². The smallest absolute Gasteiger partial charge is 0.410 e. The molecule has 1 aliphatic heterocycles. The molecule has 6 heteroatoms. The van der Waals surface area contributed by atoms with Crippen molar-refractivity contribution < 1.29 is 14.3 Å². The van der Waals surface area contributed by atoms with E-state index in [9.17, 15) is 9.59 Å². The highest BCUT2D eigenvalue weighted by Crippen LogP contribution is 2.31. The van der Waals surface area contributed by atoms with Crippen molar-refractivity contribution in [3.05, 3.63) is 35.5 Å². The van der Waals surface area contributed by atoms with Gasteiger partial charge in [-0.1, -0.05) is 6.07 Å².